The summed E-state index contributed by atoms with van der Waals surface area (Å²) in [6.45, 7) is 2.78. The summed E-state index contributed by atoms with van der Waals surface area (Å²) in [5.41, 5.74) is 9.48. The molecule has 2 aromatic carbocycles. The van der Waals surface area contributed by atoms with E-state index in [-0.39, 0.29) is 36.4 Å². The molecule has 0 bridgehead atoms. The number of carbonyl (C=O) groups is 2. The maximum atomic E-state index is 12.6. The summed E-state index contributed by atoms with van der Waals surface area (Å²) in [6, 6.07) is 11.8. The van der Waals surface area contributed by atoms with Crippen molar-refractivity contribution in [2.75, 3.05) is 25.1 Å². The highest BCUT2D eigenvalue weighted by Gasteiger charge is 2.27. The van der Waals surface area contributed by atoms with Crippen molar-refractivity contribution in [3.63, 3.8) is 0 Å². The minimum Gasteiger partial charge on any atom is -0.489 e. The number of guanidine groups is 1. The number of fused-ring (bicyclic) bond motifs is 2. The number of hydrogen-bond donors (Lipinski definition) is 6. The summed E-state index contributed by atoms with van der Waals surface area (Å²) in [4.78, 5) is 41.6. The van der Waals surface area contributed by atoms with Gasteiger partial charge >= 0.3 is 12.1 Å². The predicted molar refractivity (Wildman–Crippen MR) is 142 cm³/mol. The highest BCUT2D eigenvalue weighted by Crippen LogP contribution is 2.27. The molecule has 3 heterocycles. The highest BCUT2D eigenvalue weighted by molar-refractivity contribution is 5.92. The van der Waals surface area contributed by atoms with E-state index in [4.69, 9.17) is 25.6 Å². The zero-order valence-corrected chi connectivity index (χ0v) is 21.2. The predicted octanol–water partition coefficient (Wildman–Crippen LogP) is 3.02. The number of carboxylic acid groups (broad SMARTS) is 1. The molecule has 1 amide bonds. The first-order chi connectivity index (χ1) is 18.8. The molecule has 2 aromatic heterocycles. The zero-order chi connectivity index (χ0) is 27.5. The molecule has 0 aliphatic carbocycles. The van der Waals surface area contributed by atoms with E-state index in [0.717, 1.165) is 34.1 Å². The molecular weight excluding hydrogens is 504 g/mol. The number of rotatable bonds is 8. The number of ether oxygens (including phenoxy) is 2. The average Bonchev–Trinajstić information content (AvgIpc) is 3.54. The van der Waals surface area contributed by atoms with Crippen LogP contribution in [0.4, 0.5) is 10.5 Å². The van der Waals surface area contributed by atoms with Crippen molar-refractivity contribution in [3.8, 4) is 5.75 Å². The molecule has 1 unspecified atom stereocenters. The van der Waals surface area contributed by atoms with Crippen LogP contribution in [0.1, 0.15) is 46.2 Å². The quantitative estimate of drug-likeness (QED) is 0.112. The normalized spacial score (nSPS) is 13.5. The Morgan fingerprint density at radius 2 is 1.97 bits per heavy atom. The number of amides is 1. The largest absolute Gasteiger partial charge is 0.489 e. The molecule has 1 atom stereocenters. The second kappa shape index (κ2) is 10.7. The van der Waals surface area contributed by atoms with Crippen LogP contribution < -0.4 is 15.8 Å². The maximum Gasteiger partial charge on any atom is 0.410 e. The van der Waals surface area contributed by atoms with Crippen molar-refractivity contribution in [2.24, 2.45) is 5.73 Å². The van der Waals surface area contributed by atoms with Crippen LogP contribution in [0.3, 0.4) is 0 Å². The van der Waals surface area contributed by atoms with E-state index in [1.165, 1.54) is 6.07 Å². The first-order valence-corrected chi connectivity index (χ1v) is 12.3. The number of aromatic carboxylic acids is 1. The summed E-state index contributed by atoms with van der Waals surface area (Å²) in [5.74, 6) is 0.305. The van der Waals surface area contributed by atoms with Gasteiger partial charge in [-0.2, -0.15) is 0 Å². The van der Waals surface area contributed by atoms with Gasteiger partial charge in [0.05, 0.1) is 29.2 Å². The number of carbonyl (C=O) groups excluding carboxylic acids is 1. The molecule has 13 heteroatoms. The lowest BCUT2D eigenvalue weighted by molar-refractivity contribution is 0.0682. The van der Waals surface area contributed by atoms with Crippen LogP contribution in [0, 0.1) is 5.41 Å². The Bertz CT molecular complexity index is 1540. The van der Waals surface area contributed by atoms with Gasteiger partial charge in [0, 0.05) is 24.3 Å². The summed E-state index contributed by atoms with van der Waals surface area (Å²) in [6.07, 6.45) is 0.118. The number of carboxylic acids is 1. The molecule has 1 aliphatic rings. The lowest BCUT2D eigenvalue weighted by atomic mass is 10.1. The first kappa shape index (κ1) is 25.6. The van der Waals surface area contributed by atoms with Crippen molar-refractivity contribution in [1.29, 1.82) is 5.41 Å². The lowest BCUT2D eigenvalue weighted by Gasteiger charge is -2.25. The van der Waals surface area contributed by atoms with Gasteiger partial charge in [-0.1, -0.05) is 12.1 Å². The van der Waals surface area contributed by atoms with Gasteiger partial charge in [-0.05, 0) is 37.3 Å². The second-order valence-electron chi connectivity index (χ2n) is 9.10. The number of aromatic amines is 2. The fraction of sp³-hybridized carbons (Fsp3) is 0.269. The number of imidazole rings is 2. The molecule has 13 nitrogen and oxygen atoms in total. The van der Waals surface area contributed by atoms with Crippen molar-refractivity contribution in [3.05, 3.63) is 71.1 Å². The molecule has 0 spiro atoms. The van der Waals surface area contributed by atoms with Gasteiger partial charge in [-0.15, -0.1) is 0 Å². The summed E-state index contributed by atoms with van der Waals surface area (Å²) < 4.78 is 10.8. The molecule has 5 rings (SSSR count). The van der Waals surface area contributed by atoms with Crippen LogP contribution in [-0.2, 0) is 17.7 Å². The van der Waals surface area contributed by atoms with Gasteiger partial charge in [-0.3, -0.25) is 5.41 Å². The topological polar surface area (TPSA) is 195 Å². The number of H-pyrrole nitrogens is 2. The smallest absolute Gasteiger partial charge is 0.410 e. The Kier molecular flexibility index (Phi) is 7.04. The molecule has 4 aromatic rings. The molecule has 7 N–H and O–H groups in total. The average molecular weight is 533 g/mol. The minimum absolute atomic E-state index is 0.0191. The molecule has 202 valence electrons. The number of benzene rings is 2. The van der Waals surface area contributed by atoms with Crippen LogP contribution in [0.5, 0.6) is 5.75 Å². The van der Waals surface area contributed by atoms with Gasteiger partial charge in [0.2, 0.25) is 0 Å². The number of para-hydroxylation sites is 1. The third kappa shape index (κ3) is 5.61. The Morgan fingerprint density at radius 3 is 2.77 bits per heavy atom. The SMILES string of the molecule is CC(c1nc2c([nH]1)CCN(C(=O)OCCOc1ccccc1C(=O)O)C2)c1nc2cc(NC(=N)N)ccc2[nH]1. The van der Waals surface area contributed by atoms with Gasteiger partial charge in [-0.25, -0.2) is 19.6 Å². The maximum absolute atomic E-state index is 12.6. The third-order valence-corrected chi connectivity index (χ3v) is 6.40. The molecular formula is C26H28N8O5. The van der Waals surface area contributed by atoms with E-state index < -0.39 is 12.1 Å². The van der Waals surface area contributed by atoms with E-state index in [1.807, 2.05) is 25.1 Å². The number of nitrogens with zero attached hydrogens (tertiary/aromatic N) is 3. The lowest BCUT2D eigenvalue weighted by Crippen LogP contribution is -2.37. The minimum atomic E-state index is -1.09. The second-order valence-corrected chi connectivity index (χ2v) is 9.10. The van der Waals surface area contributed by atoms with Gasteiger partial charge in [0.1, 0.15) is 36.2 Å². The molecule has 0 saturated carbocycles. The van der Waals surface area contributed by atoms with Gasteiger partial charge in [0.15, 0.2) is 5.96 Å². The van der Waals surface area contributed by atoms with Gasteiger partial charge < -0.3 is 40.5 Å². The summed E-state index contributed by atoms with van der Waals surface area (Å²) in [5, 5.41) is 19.4. The monoisotopic (exact) mass is 532 g/mol. The van der Waals surface area contributed by atoms with E-state index in [0.29, 0.717) is 25.2 Å². The van der Waals surface area contributed by atoms with Crippen LogP contribution in [-0.4, -0.2) is 67.7 Å². The zero-order valence-electron chi connectivity index (χ0n) is 21.2. The van der Waals surface area contributed by atoms with E-state index >= 15 is 0 Å². The molecule has 1 aliphatic heterocycles. The van der Waals surface area contributed by atoms with E-state index in [9.17, 15) is 14.7 Å². The third-order valence-electron chi connectivity index (χ3n) is 6.40. The highest BCUT2D eigenvalue weighted by atomic mass is 16.6. The number of aromatic nitrogens is 4. The van der Waals surface area contributed by atoms with Crippen LogP contribution in [0.25, 0.3) is 11.0 Å². The van der Waals surface area contributed by atoms with E-state index in [1.54, 1.807) is 23.1 Å². The Balaban J connectivity index is 1.18. The van der Waals surface area contributed by atoms with Crippen molar-refractivity contribution in [2.45, 2.75) is 25.8 Å². The molecule has 0 fully saturated rings. The van der Waals surface area contributed by atoms with Crippen LogP contribution in [0.2, 0.25) is 0 Å². The molecule has 39 heavy (non-hydrogen) atoms. The number of nitrogens with two attached hydrogens (primary N) is 1. The van der Waals surface area contributed by atoms with Crippen LogP contribution >= 0.6 is 0 Å². The summed E-state index contributed by atoms with van der Waals surface area (Å²) >= 11 is 0. The first-order valence-electron chi connectivity index (χ1n) is 12.3. The van der Waals surface area contributed by atoms with Gasteiger partial charge in [0.25, 0.3) is 0 Å². The Hall–Kier alpha value is -5.07. The standard InChI is InChI=1S/C26H28N8O5/c1-14(22-30-17-7-6-15(29-25(27)28)12-19(17)32-22)23-31-18-8-9-34(13-20(18)33-23)26(37)39-11-10-38-21-5-3-2-4-16(21)24(35)36/h2-7,12,14H,8-11,13H2,1H3,(H,30,32)(H,31,33)(H,35,36)(H4,27,28,29). The number of hydrogen-bond acceptors (Lipinski definition) is 7. The van der Waals surface area contributed by atoms with E-state index in [2.05, 4.69) is 20.3 Å². The fourth-order valence-electron chi connectivity index (χ4n) is 4.41. The van der Waals surface area contributed by atoms with Crippen molar-refractivity contribution >= 4 is 34.7 Å². The number of nitrogens with one attached hydrogen (secondary N) is 4. The van der Waals surface area contributed by atoms with Crippen molar-refractivity contribution < 1.29 is 24.2 Å². The Labute approximate surface area is 222 Å². The summed E-state index contributed by atoms with van der Waals surface area (Å²) in [7, 11) is 0. The fourth-order valence-corrected chi connectivity index (χ4v) is 4.41. The number of anilines is 1. The Morgan fingerprint density at radius 1 is 1.18 bits per heavy atom. The van der Waals surface area contributed by atoms with Crippen LogP contribution in [0.15, 0.2) is 42.5 Å². The molecule has 0 radical (unpaired) electrons. The van der Waals surface area contributed by atoms with Crippen molar-refractivity contribution in [1.82, 2.24) is 24.8 Å². The molecule has 0 saturated heterocycles.